The van der Waals surface area contributed by atoms with Crippen LogP contribution in [-0.2, 0) is 39.8 Å². The standard InChI is InChI=1S/2C17H18N4O4/c2*1-9-18-11-5-4-6-12(19-10(2)22)14(11)15(24)21(9)17(3)8-7-13(23)20-16(17)25/h2*4-6H,7-8H2,1-3H3,(H,19,22)(H,20,23,25)/t2*17-/m10/s1. The molecule has 0 saturated carbocycles. The van der Waals surface area contributed by atoms with E-state index >= 15 is 0 Å². The van der Waals surface area contributed by atoms with E-state index in [1.54, 1.807) is 64.1 Å². The molecule has 16 nitrogen and oxygen atoms in total. The Bertz CT molecular complexity index is 2120. The quantitative estimate of drug-likeness (QED) is 0.228. The molecule has 16 heteroatoms. The number of nitrogens with zero attached hydrogens (tertiary/aromatic N) is 4. The van der Waals surface area contributed by atoms with Crippen molar-refractivity contribution < 1.29 is 28.8 Å². The number of benzene rings is 2. The van der Waals surface area contributed by atoms with Crippen molar-refractivity contribution in [3.05, 3.63) is 68.8 Å². The Balaban J connectivity index is 0.000000194. The third-order valence-electron chi connectivity index (χ3n) is 8.90. The van der Waals surface area contributed by atoms with Gasteiger partial charge in [0.15, 0.2) is 0 Å². The number of anilines is 2. The number of carbonyl (C=O) groups excluding carboxylic acids is 6. The molecule has 2 atom stereocenters. The van der Waals surface area contributed by atoms with Gasteiger partial charge in [-0.25, -0.2) is 9.97 Å². The normalized spacial score (nSPS) is 20.4. The number of carbonyl (C=O) groups is 6. The highest BCUT2D eigenvalue weighted by Crippen LogP contribution is 2.29. The number of aryl methyl sites for hydroxylation is 2. The lowest BCUT2D eigenvalue weighted by molar-refractivity contribution is -0.141. The van der Waals surface area contributed by atoms with Gasteiger partial charge in [-0.2, -0.15) is 0 Å². The first-order chi connectivity index (χ1) is 23.5. The van der Waals surface area contributed by atoms with E-state index in [-0.39, 0.29) is 60.1 Å². The van der Waals surface area contributed by atoms with Crippen molar-refractivity contribution in [1.82, 2.24) is 29.7 Å². The van der Waals surface area contributed by atoms with Crippen molar-refractivity contribution in [1.29, 1.82) is 0 Å². The Kier molecular flexibility index (Phi) is 9.23. The zero-order chi connectivity index (χ0) is 36.7. The number of rotatable bonds is 4. The molecule has 6 amide bonds. The summed E-state index contributed by atoms with van der Waals surface area (Å²) < 4.78 is 2.62. The molecule has 0 radical (unpaired) electrons. The first-order valence-corrected chi connectivity index (χ1v) is 15.8. The van der Waals surface area contributed by atoms with Gasteiger partial charge in [0.1, 0.15) is 22.7 Å². The Morgan fingerprint density at radius 1 is 0.660 bits per heavy atom. The average molecular weight is 685 g/mol. The number of fused-ring (bicyclic) bond motifs is 2. The number of imide groups is 2. The topological polar surface area (TPSA) is 220 Å². The van der Waals surface area contributed by atoms with Gasteiger partial charge in [0.05, 0.1) is 33.2 Å². The third-order valence-corrected chi connectivity index (χ3v) is 8.90. The van der Waals surface area contributed by atoms with E-state index < -0.39 is 34.0 Å². The Hall–Kier alpha value is -6.06. The summed E-state index contributed by atoms with van der Waals surface area (Å²) in [6, 6.07) is 9.95. The number of nitrogens with one attached hydrogen (secondary N) is 4. The fourth-order valence-corrected chi connectivity index (χ4v) is 6.45. The van der Waals surface area contributed by atoms with E-state index in [2.05, 4.69) is 31.2 Å². The SMILES string of the molecule is CC(=O)Nc1cccc2nc(C)n([C@@]3(C)CCC(=O)NC3=O)c(=O)c12.CC(=O)Nc1cccc2nc(C)n([C@]3(C)CCC(=O)NC3=O)c(=O)c12. The number of piperidine rings is 2. The van der Waals surface area contributed by atoms with Crippen molar-refractivity contribution in [2.75, 3.05) is 10.6 Å². The molecule has 260 valence electrons. The van der Waals surface area contributed by atoms with Crippen LogP contribution in [0.5, 0.6) is 0 Å². The van der Waals surface area contributed by atoms with E-state index in [1.165, 1.54) is 23.0 Å². The van der Waals surface area contributed by atoms with Crippen LogP contribution in [0.4, 0.5) is 11.4 Å². The summed E-state index contributed by atoms with van der Waals surface area (Å²) in [6.07, 6.45) is 0.681. The summed E-state index contributed by atoms with van der Waals surface area (Å²) in [6.45, 7) is 9.19. The van der Waals surface area contributed by atoms with Crippen LogP contribution in [0.15, 0.2) is 46.0 Å². The summed E-state index contributed by atoms with van der Waals surface area (Å²) in [4.78, 5) is 106. The lowest BCUT2D eigenvalue weighted by Gasteiger charge is -2.34. The van der Waals surface area contributed by atoms with Crippen LogP contribution < -0.4 is 32.4 Å². The lowest BCUT2D eigenvalue weighted by atomic mass is 9.90. The molecule has 6 rings (SSSR count). The van der Waals surface area contributed by atoms with Gasteiger partial charge in [-0.05, 0) is 64.8 Å². The molecule has 4 N–H and O–H groups in total. The predicted molar refractivity (Wildman–Crippen MR) is 182 cm³/mol. The minimum Gasteiger partial charge on any atom is -0.326 e. The average Bonchev–Trinajstić information content (AvgIpc) is 3.01. The molecule has 2 saturated heterocycles. The first-order valence-electron chi connectivity index (χ1n) is 15.8. The van der Waals surface area contributed by atoms with E-state index in [0.29, 0.717) is 34.1 Å². The second-order valence-electron chi connectivity index (χ2n) is 12.7. The van der Waals surface area contributed by atoms with E-state index in [1.807, 2.05) is 0 Å². The maximum Gasteiger partial charge on any atom is 0.264 e. The number of hydrogen-bond acceptors (Lipinski definition) is 10. The third kappa shape index (κ3) is 6.26. The minimum atomic E-state index is -1.22. The molecule has 0 bridgehead atoms. The molecule has 4 aromatic rings. The molecular weight excluding hydrogens is 648 g/mol. The number of aromatic nitrogens is 4. The Labute approximate surface area is 284 Å². The second kappa shape index (κ2) is 13.1. The van der Waals surface area contributed by atoms with Gasteiger partial charge < -0.3 is 10.6 Å². The van der Waals surface area contributed by atoms with E-state index in [0.717, 1.165) is 0 Å². The van der Waals surface area contributed by atoms with Crippen molar-refractivity contribution in [2.24, 2.45) is 0 Å². The lowest BCUT2D eigenvalue weighted by Crippen LogP contribution is -2.56. The fraction of sp³-hybridized carbons (Fsp3) is 0.353. The zero-order valence-electron chi connectivity index (χ0n) is 28.3. The Morgan fingerprint density at radius 2 is 1.02 bits per heavy atom. The van der Waals surface area contributed by atoms with Crippen LogP contribution in [0.2, 0.25) is 0 Å². The fourth-order valence-electron chi connectivity index (χ4n) is 6.45. The highest BCUT2D eigenvalue weighted by Gasteiger charge is 2.43. The molecule has 50 heavy (non-hydrogen) atoms. The molecular formula is C34H36N8O8. The molecule has 0 unspecified atom stereocenters. The van der Waals surface area contributed by atoms with Crippen LogP contribution >= 0.6 is 0 Å². The molecule has 2 aromatic heterocycles. The van der Waals surface area contributed by atoms with Crippen molar-refractivity contribution in [3.8, 4) is 0 Å². The molecule has 0 spiro atoms. The summed E-state index contributed by atoms with van der Waals surface area (Å²) in [5.41, 5.74) is -1.77. The summed E-state index contributed by atoms with van der Waals surface area (Å²) >= 11 is 0. The summed E-state index contributed by atoms with van der Waals surface area (Å²) in [7, 11) is 0. The number of hydrogen-bond donors (Lipinski definition) is 4. The smallest absolute Gasteiger partial charge is 0.264 e. The Morgan fingerprint density at radius 3 is 1.34 bits per heavy atom. The maximum atomic E-state index is 13.2. The molecule has 4 heterocycles. The predicted octanol–water partition coefficient (Wildman–Crippen LogP) is 1.63. The summed E-state index contributed by atoms with van der Waals surface area (Å²) in [5, 5.41) is 10.3. The van der Waals surface area contributed by atoms with E-state index in [9.17, 15) is 38.4 Å². The monoisotopic (exact) mass is 684 g/mol. The maximum absolute atomic E-state index is 13.2. The van der Waals surface area contributed by atoms with Gasteiger partial charge >= 0.3 is 0 Å². The number of amides is 6. The van der Waals surface area contributed by atoms with Crippen LogP contribution in [0.25, 0.3) is 21.8 Å². The zero-order valence-corrected chi connectivity index (χ0v) is 28.3. The van der Waals surface area contributed by atoms with Crippen molar-refractivity contribution in [2.45, 2.75) is 78.3 Å². The molecule has 2 aliphatic heterocycles. The van der Waals surface area contributed by atoms with Crippen molar-refractivity contribution >= 4 is 68.6 Å². The van der Waals surface area contributed by atoms with E-state index in [4.69, 9.17) is 0 Å². The highest BCUT2D eigenvalue weighted by molar-refractivity contribution is 6.04. The van der Waals surface area contributed by atoms with Gasteiger partial charge in [-0.3, -0.25) is 58.1 Å². The van der Waals surface area contributed by atoms with Crippen LogP contribution in [-0.4, -0.2) is 54.5 Å². The largest absolute Gasteiger partial charge is 0.326 e. The van der Waals surface area contributed by atoms with Gasteiger partial charge in [0.2, 0.25) is 23.6 Å². The van der Waals surface area contributed by atoms with Gasteiger partial charge in [-0.1, -0.05) is 12.1 Å². The molecule has 2 aromatic carbocycles. The van der Waals surface area contributed by atoms with Gasteiger partial charge in [0, 0.05) is 26.7 Å². The van der Waals surface area contributed by atoms with Crippen LogP contribution in [0, 0.1) is 13.8 Å². The second-order valence-corrected chi connectivity index (χ2v) is 12.7. The van der Waals surface area contributed by atoms with Gasteiger partial charge in [0.25, 0.3) is 22.9 Å². The molecule has 2 fully saturated rings. The van der Waals surface area contributed by atoms with Crippen LogP contribution in [0.3, 0.4) is 0 Å². The first kappa shape index (κ1) is 35.3. The summed E-state index contributed by atoms with van der Waals surface area (Å²) in [5.74, 6) is -1.69. The molecule has 0 aliphatic carbocycles. The molecule has 2 aliphatic rings. The minimum absolute atomic E-state index is 0.138. The van der Waals surface area contributed by atoms with Gasteiger partial charge in [-0.15, -0.1) is 0 Å². The highest BCUT2D eigenvalue weighted by atomic mass is 16.2. The van der Waals surface area contributed by atoms with Crippen molar-refractivity contribution in [3.63, 3.8) is 0 Å². The van der Waals surface area contributed by atoms with Crippen LogP contribution in [0.1, 0.15) is 65.0 Å².